The molecule has 0 radical (unpaired) electrons. The van der Waals surface area contributed by atoms with Crippen molar-refractivity contribution in [3.63, 3.8) is 0 Å². The van der Waals surface area contributed by atoms with E-state index in [9.17, 15) is 0 Å². The highest BCUT2D eigenvalue weighted by molar-refractivity contribution is 5.74. The Bertz CT molecular complexity index is 899. The molecule has 3 rings (SSSR count). The number of aryl methyl sites for hydroxylation is 3. The molecule has 0 atom stereocenters. The maximum absolute atomic E-state index is 2.32. The van der Waals surface area contributed by atoms with Gasteiger partial charge in [0.15, 0.2) is 6.20 Å². The van der Waals surface area contributed by atoms with Crippen LogP contribution in [0.15, 0.2) is 60.8 Å². The standard InChI is InChI=1S/C24H28N/c1-17-15-22(18(2)14-21(17)19-10-8-7-9-11-19)23-13-12-20(16-25(23)6)24(3,4)5/h7-16H,1-6H3/q+1. The van der Waals surface area contributed by atoms with Gasteiger partial charge in [0.25, 0.3) is 0 Å². The third kappa shape index (κ3) is 3.51. The quantitative estimate of drug-likeness (QED) is 0.526. The van der Waals surface area contributed by atoms with E-state index in [-0.39, 0.29) is 5.41 Å². The van der Waals surface area contributed by atoms with Crippen molar-refractivity contribution < 1.29 is 4.57 Å². The van der Waals surface area contributed by atoms with E-state index in [1.54, 1.807) is 0 Å². The SMILES string of the molecule is Cc1cc(-c2ccc(C(C)(C)C)c[n+]2C)c(C)cc1-c1ccccc1. The maximum Gasteiger partial charge on any atom is 0.212 e. The topological polar surface area (TPSA) is 3.88 Å². The maximum atomic E-state index is 2.32. The van der Waals surface area contributed by atoms with Gasteiger partial charge in [0.2, 0.25) is 5.69 Å². The molecule has 0 aliphatic heterocycles. The molecular weight excluding hydrogens is 302 g/mol. The van der Waals surface area contributed by atoms with E-state index >= 15 is 0 Å². The van der Waals surface area contributed by atoms with Crippen LogP contribution in [0.4, 0.5) is 0 Å². The molecule has 2 aromatic carbocycles. The van der Waals surface area contributed by atoms with E-state index in [4.69, 9.17) is 0 Å². The minimum absolute atomic E-state index is 0.165. The number of hydrogen-bond acceptors (Lipinski definition) is 0. The zero-order valence-electron chi connectivity index (χ0n) is 16.2. The molecular formula is C24H28N+. The fraction of sp³-hybridized carbons (Fsp3) is 0.292. The van der Waals surface area contributed by atoms with E-state index < -0.39 is 0 Å². The summed E-state index contributed by atoms with van der Waals surface area (Å²) in [6, 6.07) is 19.8. The van der Waals surface area contributed by atoms with E-state index in [0.717, 1.165) is 0 Å². The van der Waals surface area contributed by atoms with Crippen molar-refractivity contribution in [1.82, 2.24) is 0 Å². The Kier molecular flexibility index (Phi) is 4.51. The van der Waals surface area contributed by atoms with Gasteiger partial charge in [0.1, 0.15) is 7.05 Å². The van der Waals surface area contributed by atoms with Crippen LogP contribution in [0.5, 0.6) is 0 Å². The minimum Gasteiger partial charge on any atom is -0.201 e. The predicted octanol–water partition coefficient (Wildman–Crippen LogP) is 5.76. The molecule has 3 aromatic rings. The summed E-state index contributed by atoms with van der Waals surface area (Å²) < 4.78 is 2.25. The Morgan fingerprint density at radius 2 is 1.36 bits per heavy atom. The van der Waals surface area contributed by atoms with Crippen molar-refractivity contribution in [2.75, 3.05) is 0 Å². The molecule has 0 saturated heterocycles. The average Bonchev–Trinajstić information content (AvgIpc) is 2.57. The number of pyridine rings is 1. The molecule has 0 saturated carbocycles. The summed E-state index contributed by atoms with van der Waals surface area (Å²) >= 11 is 0. The summed E-state index contributed by atoms with van der Waals surface area (Å²) in [6.45, 7) is 11.2. The molecule has 25 heavy (non-hydrogen) atoms. The van der Waals surface area contributed by atoms with Gasteiger partial charge in [-0.3, -0.25) is 0 Å². The second-order valence-corrected chi connectivity index (χ2v) is 8.01. The van der Waals surface area contributed by atoms with Gasteiger partial charge >= 0.3 is 0 Å². The number of rotatable bonds is 2. The summed E-state index contributed by atoms with van der Waals surface area (Å²) in [4.78, 5) is 0. The molecule has 0 unspecified atom stereocenters. The highest BCUT2D eigenvalue weighted by Crippen LogP contribution is 2.31. The molecule has 0 N–H and O–H groups in total. The summed E-state index contributed by atoms with van der Waals surface area (Å²) in [7, 11) is 2.14. The molecule has 0 spiro atoms. The lowest BCUT2D eigenvalue weighted by atomic mass is 9.87. The van der Waals surface area contributed by atoms with E-state index in [2.05, 4.69) is 107 Å². The zero-order valence-corrected chi connectivity index (χ0v) is 16.2. The lowest BCUT2D eigenvalue weighted by Gasteiger charge is -2.18. The van der Waals surface area contributed by atoms with Crippen LogP contribution in [0.1, 0.15) is 37.5 Å². The molecule has 0 aliphatic rings. The first-order valence-electron chi connectivity index (χ1n) is 8.94. The number of hydrogen-bond donors (Lipinski definition) is 0. The van der Waals surface area contributed by atoms with Crippen molar-refractivity contribution in [3.8, 4) is 22.4 Å². The van der Waals surface area contributed by atoms with Crippen LogP contribution < -0.4 is 4.57 Å². The van der Waals surface area contributed by atoms with Crippen molar-refractivity contribution >= 4 is 0 Å². The van der Waals surface area contributed by atoms with Gasteiger partial charge in [0, 0.05) is 17.2 Å². The minimum atomic E-state index is 0.165. The molecule has 1 nitrogen and oxygen atoms in total. The van der Waals surface area contributed by atoms with E-state index in [0.29, 0.717) is 0 Å². The van der Waals surface area contributed by atoms with Crippen LogP contribution in [0.2, 0.25) is 0 Å². The number of benzene rings is 2. The van der Waals surface area contributed by atoms with E-state index in [1.165, 1.54) is 39.1 Å². The second-order valence-electron chi connectivity index (χ2n) is 8.01. The fourth-order valence-corrected chi connectivity index (χ4v) is 3.35. The molecule has 1 heteroatoms. The first-order chi connectivity index (χ1) is 11.8. The van der Waals surface area contributed by atoms with Gasteiger partial charge in [-0.1, -0.05) is 57.2 Å². The monoisotopic (exact) mass is 330 g/mol. The van der Waals surface area contributed by atoms with Crippen molar-refractivity contribution in [2.45, 2.75) is 40.0 Å². The Balaban J connectivity index is 2.09. The molecule has 0 fully saturated rings. The normalized spacial score (nSPS) is 11.6. The fourth-order valence-electron chi connectivity index (χ4n) is 3.35. The molecule has 1 aromatic heterocycles. The van der Waals surface area contributed by atoms with Crippen LogP contribution in [0.25, 0.3) is 22.4 Å². The number of nitrogens with zero attached hydrogens (tertiary/aromatic N) is 1. The van der Waals surface area contributed by atoms with Crippen molar-refractivity contribution in [1.29, 1.82) is 0 Å². The number of aromatic nitrogens is 1. The summed E-state index contributed by atoms with van der Waals surface area (Å²) in [5.74, 6) is 0. The Morgan fingerprint density at radius 1 is 0.760 bits per heavy atom. The highest BCUT2D eigenvalue weighted by Gasteiger charge is 2.20. The summed E-state index contributed by atoms with van der Waals surface area (Å²) in [6.07, 6.45) is 2.26. The van der Waals surface area contributed by atoms with Gasteiger partial charge in [-0.25, -0.2) is 4.57 Å². The van der Waals surface area contributed by atoms with Gasteiger partial charge in [-0.15, -0.1) is 0 Å². The van der Waals surface area contributed by atoms with Crippen LogP contribution in [-0.2, 0) is 12.5 Å². The van der Waals surface area contributed by atoms with Crippen LogP contribution in [0, 0.1) is 13.8 Å². The average molecular weight is 330 g/mol. The second kappa shape index (κ2) is 6.48. The van der Waals surface area contributed by atoms with Gasteiger partial charge in [-0.05, 0) is 53.6 Å². The Morgan fingerprint density at radius 3 is 1.96 bits per heavy atom. The molecule has 0 aliphatic carbocycles. The lowest BCUT2D eigenvalue weighted by Crippen LogP contribution is -2.33. The van der Waals surface area contributed by atoms with Crippen LogP contribution in [0.3, 0.4) is 0 Å². The first-order valence-corrected chi connectivity index (χ1v) is 8.94. The summed E-state index contributed by atoms with van der Waals surface area (Å²) in [5, 5.41) is 0. The summed E-state index contributed by atoms with van der Waals surface area (Å²) in [5.41, 5.74) is 9.30. The van der Waals surface area contributed by atoms with Crippen molar-refractivity contribution in [3.05, 3.63) is 77.5 Å². The molecule has 128 valence electrons. The Hall–Kier alpha value is -2.41. The molecule has 0 amide bonds. The van der Waals surface area contributed by atoms with Gasteiger partial charge < -0.3 is 0 Å². The Labute approximate surface area is 152 Å². The smallest absolute Gasteiger partial charge is 0.201 e. The van der Waals surface area contributed by atoms with Gasteiger partial charge in [-0.2, -0.15) is 0 Å². The zero-order chi connectivity index (χ0) is 18.2. The predicted molar refractivity (Wildman–Crippen MR) is 107 cm³/mol. The van der Waals surface area contributed by atoms with Crippen LogP contribution >= 0.6 is 0 Å². The largest absolute Gasteiger partial charge is 0.212 e. The van der Waals surface area contributed by atoms with Crippen molar-refractivity contribution in [2.24, 2.45) is 7.05 Å². The third-order valence-corrected chi connectivity index (χ3v) is 4.93. The van der Waals surface area contributed by atoms with Crippen LogP contribution in [-0.4, -0.2) is 0 Å². The molecule has 0 bridgehead atoms. The molecule has 1 heterocycles. The first kappa shape index (κ1) is 17.4. The van der Waals surface area contributed by atoms with Gasteiger partial charge in [0.05, 0.1) is 0 Å². The lowest BCUT2D eigenvalue weighted by molar-refractivity contribution is -0.661. The highest BCUT2D eigenvalue weighted by atomic mass is 14.9. The third-order valence-electron chi connectivity index (χ3n) is 4.93. The van der Waals surface area contributed by atoms with E-state index in [1.807, 2.05) is 0 Å².